The molecular formula is C18H23N5O2S2. The van der Waals surface area contributed by atoms with Crippen LogP contribution in [0.1, 0.15) is 38.6 Å². The maximum atomic E-state index is 12.9. The molecule has 2 N–H and O–H groups in total. The SMILES string of the molecule is CC(Sc1nnc(-c2cccs2)n1C1CC1)C(=O)N1CCCC(C(N)=O)C1. The fourth-order valence-electron chi connectivity index (χ4n) is 3.47. The summed E-state index contributed by atoms with van der Waals surface area (Å²) in [5, 5.41) is 11.3. The van der Waals surface area contributed by atoms with E-state index in [0.29, 0.717) is 19.1 Å². The van der Waals surface area contributed by atoms with Gasteiger partial charge in [-0.2, -0.15) is 0 Å². The molecule has 2 fully saturated rings. The summed E-state index contributed by atoms with van der Waals surface area (Å²) >= 11 is 3.10. The highest BCUT2D eigenvalue weighted by atomic mass is 32.2. The molecule has 0 spiro atoms. The van der Waals surface area contributed by atoms with Crippen molar-refractivity contribution in [1.29, 1.82) is 0 Å². The molecule has 1 aliphatic heterocycles. The van der Waals surface area contributed by atoms with Crippen molar-refractivity contribution in [3.05, 3.63) is 17.5 Å². The van der Waals surface area contributed by atoms with Crippen LogP contribution in [-0.2, 0) is 9.59 Å². The van der Waals surface area contributed by atoms with Crippen molar-refractivity contribution in [2.75, 3.05) is 13.1 Å². The summed E-state index contributed by atoms with van der Waals surface area (Å²) < 4.78 is 2.18. The third-order valence-corrected chi connectivity index (χ3v) is 6.99. The predicted octanol–water partition coefficient (Wildman–Crippen LogP) is 2.55. The molecule has 144 valence electrons. The van der Waals surface area contributed by atoms with E-state index in [1.54, 1.807) is 16.2 Å². The Morgan fingerprint density at radius 2 is 2.15 bits per heavy atom. The molecule has 1 saturated heterocycles. The number of thiophene rings is 1. The minimum atomic E-state index is -0.318. The fourth-order valence-corrected chi connectivity index (χ4v) is 5.18. The molecule has 1 aliphatic carbocycles. The quantitative estimate of drug-likeness (QED) is 0.746. The number of hydrogen-bond donors (Lipinski definition) is 1. The normalized spacial score (nSPS) is 21.2. The van der Waals surface area contributed by atoms with Crippen LogP contribution in [0.15, 0.2) is 22.7 Å². The minimum absolute atomic E-state index is 0.0361. The van der Waals surface area contributed by atoms with E-state index in [4.69, 9.17) is 5.73 Å². The molecule has 2 aromatic heterocycles. The fraction of sp³-hybridized carbons (Fsp3) is 0.556. The zero-order chi connectivity index (χ0) is 19.0. The molecule has 1 saturated carbocycles. The Kier molecular flexibility index (Phi) is 5.23. The van der Waals surface area contributed by atoms with Crippen molar-refractivity contribution in [3.63, 3.8) is 0 Å². The summed E-state index contributed by atoms with van der Waals surface area (Å²) in [6.07, 6.45) is 3.83. The summed E-state index contributed by atoms with van der Waals surface area (Å²) in [6, 6.07) is 4.49. The van der Waals surface area contributed by atoms with E-state index < -0.39 is 0 Å². The summed E-state index contributed by atoms with van der Waals surface area (Å²) in [6.45, 7) is 3.01. The standard InChI is InChI=1S/C18H23N5O2S2/c1-11(17(25)22-8-2-4-12(10-22)15(19)24)27-18-21-20-16(14-5-3-9-26-14)23(18)13-6-7-13/h3,5,9,11-13H,2,4,6-8,10H2,1H3,(H2,19,24). The average molecular weight is 406 g/mol. The Labute approximate surface area is 166 Å². The van der Waals surface area contributed by atoms with Gasteiger partial charge in [-0.3, -0.25) is 14.2 Å². The molecule has 7 nitrogen and oxygen atoms in total. The number of thioether (sulfide) groups is 1. The second-order valence-corrected chi connectivity index (χ2v) is 9.43. The van der Waals surface area contributed by atoms with Gasteiger partial charge < -0.3 is 10.6 Å². The molecule has 2 unspecified atom stereocenters. The summed E-state index contributed by atoms with van der Waals surface area (Å²) in [7, 11) is 0. The lowest BCUT2D eigenvalue weighted by molar-refractivity contribution is -0.134. The van der Waals surface area contributed by atoms with Crippen LogP contribution in [0.25, 0.3) is 10.7 Å². The van der Waals surface area contributed by atoms with Crippen LogP contribution in [0, 0.1) is 5.92 Å². The van der Waals surface area contributed by atoms with Gasteiger partial charge in [-0.05, 0) is 44.1 Å². The van der Waals surface area contributed by atoms with Gasteiger partial charge in [-0.1, -0.05) is 17.8 Å². The van der Waals surface area contributed by atoms with Crippen LogP contribution >= 0.6 is 23.1 Å². The van der Waals surface area contributed by atoms with Gasteiger partial charge in [0.1, 0.15) is 0 Å². The van der Waals surface area contributed by atoms with E-state index in [1.165, 1.54) is 11.8 Å². The smallest absolute Gasteiger partial charge is 0.235 e. The lowest BCUT2D eigenvalue weighted by Crippen LogP contribution is -2.46. The molecule has 9 heteroatoms. The predicted molar refractivity (Wildman–Crippen MR) is 105 cm³/mol. The van der Waals surface area contributed by atoms with Crippen LogP contribution in [0.2, 0.25) is 0 Å². The number of nitrogens with two attached hydrogens (primary N) is 1. The van der Waals surface area contributed by atoms with Gasteiger partial charge in [0.25, 0.3) is 0 Å². The molecule has 3 heterocycles. The number of likely N-dealkylation sites (tertiary alicyclic amines) is 1. The number of carbonyl (C=O) groups excluding carboxylic acids is 2. The van der Waals surface area contributed by atoms with Gasteiger partial charge in [0.05, 0.1) is 16.0 Å². The largest absolute Gasteiger partial charge is 0.369 e. The van der Waals surface area contributed by atoms with Crippen LogP contribution in [0.3, 0.4) is 0 Å². The molecule has 0 aromatic carbocycles. The van der Waals surface area contributed by atoms with Crippen molar-refractivity contribution in [2.24, 2.45) is 11.7 Å². The summed E-state index contributed by atoms with van der Waals surface area (Å²) in [4.78, 5) is 27.3. The molecule has 27 heavy (non-hydrogen) atoms. The lowest BCUT2D eigenvalue weighted by Gasteiger charge is -2.32. The molecule has 2 aromatic rings. The van der Waals surface area contributed by atoms with Gasteiger partial charge in [0, 0.05) is 19.1 Å². The van der Waals surface area contributed by atoms with Gasteiger partial charge in [0.15, 0.2) is 11.0 Å². The Bertz CT molecular complexity index is 831. The highest BCUT2D eigenvalue weighted by Crippen LogP contribution is 2.42. The monoisotopic (exact) mass is 405 g/mol. The maximum Gasteiger partial charge on any atom is 0.235 e. The third-order valence-electron chi connectivity index (χ3n) is 5.08. The number of rotatable bonds is 6. The molecular weight excluding hydrogens is 382 g/mol. The molecule has 4 rings (SSSR count). The van der Waals surface area contributed by atoms with Gasteiger partial charge in [0.2, 0.25) is 11.8 Å². The Balaban J connectivity index is 1.49. The number of piperidine rings is 1. The van der Waals surface area contributed by atoms with Crippen molar-refractivity contribution in [3.8, 4) is 10.7 Å². The van der Waals surface area contributed by atoms with E-state index in [-0.39, 0.29) is 23.0 Å². The average Bonchev–Trinajstić information content (AvgIpc) is 3.19. The van der Waals surface area contributed by atoms with Gasteiger partial charge in [-0.15, -0.1) is 21.5 Å². The van der Waals surface area contributed by atoms with Crippen LogP contribution in [-0.4, -0.2) is 49.8 Å². The Hall–Kier alpha value is -1.87. The van der Waals surface area contributed by atoms with Crippen LogP contribution < -0.4 is 5.73 Å². The number of aromatic nitrogens is 3. The number of hydrogen-bond acceptors (Lipinski definition) is 6. The lowest BCUT2D eigenvalue weighted by atomic mass is 9.97. The van der Waals surface area contributed by atoms with Gasteiger partial charge >= 0.3 is 0 Å². The zero-order valence-corrected chi connectivity index (χ0v) is 16.8. The first kappa shape index (κ1) is 18.5. The minimum Gasteiger partial charge on any atom is -0.369 e. The first-order valence-electron chi connectivity index (χ1n) is 9.28. The molecule has 0 radical (unpaired) electrons. The number of nitrogens with zero attached hydrogens (tertiary/aromatic N) is 4. The second kappa shape index (κ2) is 7.63. The zero-order valence-electron chi connectivity index (χ0n) is 15.2. The molecule has 0 bridgehead atoms. The van der Waals surface area contributed by atoms with Crippen molar-refractivity contribution >= 4 is 34.9 Å². The number of carbonyl (C=O) groups is 2. The summed E-state index contributed by atoms with van der Waals surface area (Å²) in [5.74, 6) is 0.373. The summed E-state index contributed by atoms with van der Waals surface area (Å²) in [5.41, 5.74) is 5.44. The van der Waals surface area contributed by atoms with Crippen molar-refractivity contribution < 1.29 is 9.59 Å². The molecule has 2 aliphatic rings. The molecule has 2 atom stereocenters. The van der Waals surface area contributed by atoms with Crippen LogP contribution in [0.4, 0.5) is 0 Å². The highest BCUT2D eigenvalue weighted by Gasteiger charge is 2.34. The van der Waals surface area contributed by atoms with Gasteiger partial charge in [-0.25, -0.2) is 0 Å². The highest BCUT2D eigenvalue weighted by molar-refractivity contribution is 8.00. The van der Waals surface area contributed by atoms with E-state index in [1.807, 2.05) is 24.4 Å². The second-order valence-electron chi connectivity index (χ2n) is 7.17. The van der Waals surface area contributed by atoms with E-state index in [0.717, 1.165) is 41.5 Å². The van der Waals surface area contributed by atoms with E-state index in [9.17, 15) is 9.59 Å². The maximum absolute atomic E-state index is 12.9. The first-order valence-corrected chi connectivity index (χ1v) is 11.0. The third kappa shape index (κ3) is 3.89. The van der Waals surface area contributed by atoms with E-state index in [2.05, 4.69) is 14.8 Å². The van der Waals surface area contributed by atoms with E-state index >= 15 is 0 Å². The topological polar surface area (TPSA) is 94.1 Å². The van der Waals surface area contributed by atoms with Crippen molar-refractivity contribution in [1.82, 2.24) is 19.7 Å². The number of primary amides is 1. The van der Waals surface area contributed by atoms with Crippen LogP contribution in [0.5, 0.6) is 0 Å². The first-order chi connectivity index (χ1) is 13.0. The Morgan fingerprint density at radius 1 is 1.33 bits per heavy atom. The Morgan fingerprint density at radius 3 is 2.81 bits per heavy atom. The molecule has 2 amide bonds. The number of amides is 2. The van der Waals surface area contributed by atoms with Crippen molar-refractivity contribution in [2.45, 2.75) is 49.1 Å².